The molecule has 1 amide bonds. The van der Waals surface area contributed by atoms with E-state index in [9.17, 15) is 22.8 Å². The third-order valence-corrected chi connectivity index (χ3v) is 3.33. The number of alkyl halides is 3. The topological polar surface area (TPSA) is 57.6 Å². The summed E-state index contributed by atoms with van der Waals surface area (Å²) in [5.41, 5.74) is -1.96. The van der Waals surface area contributed by atoms with Gasteiger partial charge in [0.15, 0.2) is 0 Å². The highest BCUT2D eigenvalue weighted by Gasteiger charge is 2.61. The van der Waals surface area contributed by atoms with Crippen molar-refractivity contribution >= 4 is 29.2 Å². The molecule has 0 radical (unpaired) electrons. The molecule has 0 unspecified atom stereocenters. The fourth-order valence-electron chi connectivity index (χ4n) is 1.93. The van der Waals surface area contributed by atoms with Gasteiger partial charge in [-0.2, -0.15) is 13.2 Å². The zero-order valence-electron chi connectivity index (χ0n) is 9.95. The number of anilines is 1. The quantitative estimate of drug-likeness (QED) is 0.934. The summed E-state index contributed by atoms with van der Waals surface area (Å²) < 4.78 is 38.0. The maximum Gasteiger partial charge on any atom is 0.471 e. The number of hydrogen-bond donors (Lipinski definition) is 1. The van der Waals surface area contributed by atoms with Gasteiger partial charge in [-0.05, 0) is 37.1 Å². The Morgan fingerprint density at radius 3 is 2.05 bits per heavy atom. The van der Waals surface area contributed by atoms with E-state index in [4.69, 9.17) is 16.7 Å². The summed E-state index contributed by atoms with van der Waals surface area (Å²) in [7, 11) is 0. The first-order valence-electron chi connectivity index (χ1n) is 5.59. The van der Waals surface area contributed by atoms with Gasteiger partial charge >= 0.3 is 18.1 Å². The zero-order chi connectivity index (χ0) is 15.1. The molecular formula is C12H9ClF3NO3. The monoisotopic (exact) mass is 307 g/mol. The molecule has 4 nitrogen and oxygen atoms in total. The molecule has 1 aliphatic carbocycles. The third-order valence-electron chi connectivity index (χ3n) is 3.08. The van der Waals surface area contributed by atoms with Crippen molar-refractivity contribution in [2.45, 2.75) is 24.6 Å². The van der Waals surface area contributed by atoms with Crippen molar-refractivity contribution in [2.75, 3.05) is 4.90 Å². The molecule has 0 spiro atoms. The molecule has 0 aliphatic heterocycles. The van der Waals surface area contributed by atoms with E-state index < -0.39 is 23.6 Å². The van der Waals surface area contributed by atoms with E-state index >= 15 is 0 Å². The normalized spacial score (nSPS) is 16.6. The average molecular weight is 308 g/mol. The summed E-state index contributed by atoms with van der Waals surface area (Å²) in [6.45, 7) is 0. The lowest BCUT2D eigenvalue weighted by molar-refractivity contribution is -0.172. The minimum Gasteiger partial charge on any atom is -0.479 e. The van der Waals surface area contributed by atoms with Gasteiger partial charge < -0.3 is 5.11 Å². The van der Waals surface area contributed by atoms with Gasteiger partial charge in [0, 0.05) is 10.7 Å². The Morgan fingerprint density at radius 1 is 1.20 bits per heavy atom. The van der Waals surface area contributed by atoms with Crippen molar-refractivity contribution < 1.29 is 27.9 Å². The number of benzene rings is 1. The highest BCUT2D eigenvalue weighted by Crippen LogP contribution is 2.46. The number of carboxylic acids is 1. The van der Waals surface area contributed by atoms with Crippen molar-refractivity contribution in [1.29, 1.82) is 0 Å². The molecule has 2 rings (SSSR count). The van der Waals surface area contributed by atoms with Crippen LogP contribution in [-0.2, 0) is 9.59 Å². The van der Waals surface area contributed by atoms with Gasteiger partial charge in [0.05, 0.1) is 0 Å². The molecule has 0 bridgehead atoms. The Labute approximate surface area is 116 Å². The molecular weight excluding hydrogens is 299 g/mol. The van der Waals surface area contributed by atoms with Crippen LogP contribution in [0.5, 0.6) is 0 Å². The second-order valence-corrected chi connectivity index (χ2v) is 4.89. The molecule has 0 aromatic heterocycles. The molecule has 0 atom stereocenters. The van der Waals surface area contributed by atoms with E-state index in [-0.39, 0.29) is 23.6 Å². The molecule has 1 aromatic rings. The first-order valence-corrected chi connectivity index (χ1v) is 5.97. The van der Waals surface area contributed by atoms with Crippen LogP contribution in [0.25, 0.3) is 0 Å². The SMILES string of the molecule is O=C(N(c1ccc(Cl)cc1)C1(C(=O)O)CC1)C(F)(F)F. The van der Waals surface area contributed by atoms with Gasteiger partial charge in [-0.25, -0.2) is 4.79 Å². The minimum absolute atomic E-state index is 0.0211. The second-order valence-electron chi connectivity index (χ2n) is 4.45. The number of hydrogen-bond acceptors (Lipinski definition) is 2. The summed E-state index contributed by atoms with van der Waals surface area (Å²) in [4.78, 5) is 23.1. The van der Waals surface area contributed by atoms with Crippen molar-refractivity contribution in [3.63, 3.8) is 0 Å². The van der Waals surface area contributed by atoms with Crippen molar-refractivity contribution in [3.05, 3.63) is 29.3 Å². The van der Waals surface area contributed by atoms with E-state index in [2.05, 4.69) is 0 Å². The van der Waals surface area contributed by atoms with Crippen molar-refractivity contribution in [3.8, 4) is 0 Å². The van der Waals surface area contributed by atoms with Gasteiger partial charge in [-0.1, -0.05) is 11.6 Å². The maximum atomic E-state index is 12.7. The number of carboxylic acid groups (broad SMARTS) is 1. The smallest absolute Gasteiger partial charge is 0.471 e. The largest absolute Gasteiger partial charge is 0.479 e. The van der Waals surface area contributed by atoms with Crippen LogP contribution in [0.1, 0.15) is 12.8 Å². The molecule has 108 valence electrons. The zero-order valence-corrected chi connectivity index (χ0v) is 10.7. The third kappa shape index (κ3) is 2.45. The molecule has 0 heterocycles. The number of nitrogens with zero attached hydrogens (tertiary/aromatic N) is 1. The highest BCUT2D eigenvalue weighted by atomic mass is 35.5. The molecule has 8 heteroatoms. The maximum absolute atomic E-state index is 12.7. The lowest BCUT2D eigenvalue weighted by atomic mass is 10.1. The minimum atomic E-state index is -5.15. The van der Waals surface area contributed by atoms with Crippen LogP contribution < -0.4 is 4.90 Å². The van der Waals surface area contributed by atoms with Gasteiger partial charge in [-0.3, -0.25) is 9.69 Å². The summed E-state index contributed by atoms with van der Waals surface area (Å²) in [5, 5.41) is 9.39. The second kappa shape index (κ2) is 4.66. The van der Waals surface area contributed by atoms with Crippen LogP contribution in [0.3, 0.4) is 0 Å². The molecule has 1 aliphatic rings. The van der Waals surface area contributed by atoms with Crippen LogP contribution >= 0.6 is 11.6 Å². The highest BCUT2D eigenvalue weighted by molar-refractivity contribution is 6.30. The molecule has 0 saturated heterocycles. The van der Waals surface area contributed by atoms with E-state index in [1.165, 1.54) is 24.3 Å². The predicted molar refractivity (Wildman–Crippen MR) is 64.6 cm³/mol. The van der Waals surface area contributed by atoms with E-state index in [0.717, 1.165) is 0 Å². The lowest BCUT2D eigenvalue weighted by Crippen LogP contribution is -2.52. The van der Waals surface area contributed by atoms with Gasteiger partial charge in [0.2, 0.25) is 0 Å². The average Bonchev–Trinajstić information content (AvgIpc) is 3.12. The lowest BCUT2D eigenvalue weighted by Gasteiger charge is -2.29. The van der Waals surface area contributed by atoms with Crippen molar-refractivity contribution in [1.82, 2.24) is 0 Å². The Kier molecular flexibility index (Phi) is 3.41. The summed E-state index contributed by atoms with van der Waals surface area (Å²) in [6.07, 6.45) is -5.19. The molecule has 1 saturated carbocycles. The molecule has 20 heavy (non-hydrogen) atoms. The summed E-state index contributed by atoms with van der Waals surface area (Å²) in [6, 6.07) is 4.97. The number of rotatable bonds is 3. The first kappa shape index (κ1) is 14.6. The fraction of sp³-hybridized carbons (Fsp3) is 0.333. The van der Waals surface area contributed by atoms with Gasteiger partial charge in [0.1, 0.15) is 5.54 Å². The number of amides is 1. The Morgan fingerprint density at radius 2 is 1.70 bits per heavy atom. The number of carbonyl (C=O) groups is 2. The molecule has 1 fully saturated rings. The fourth-order valence-corrected chi connectivity index (χ4v) is 2.05. The number of carbonyl (C=O) groups excluding carboxylic acids is 1. The predicted octanol–water partition coefficient (Wildman–Crippen LogP) is 2.85. The van der Waals surface area contributed by atoms with Crippen LogP contribution in [0, 0.1) is 0 Å². The number of aliphatic carboxylic acids is 1. The van der Waals surface area contributed by atoms with E-state index in [1.807, 2.05) is 0 Å². The molecule has 1 aromatic carbocycles. The summed E-state index contributed by atoms with van der Waals surface area (Å²) >= 11 is 5.64. The summed E-state index contributed by atoms with van der Waals surface area (Å²) in [5.74, 6) is -3.65. The van der Waals surface area contributed by atoms with Crippen LogP contribution in [0.2, 0.25) is 5.02 Å². The molecule has 1 N–H and O–H groups in total. The Bertz CT molecular complexity index is 552. The standard InChI is InChI=1S/C12H9ClF3NO3/c13-7-1-3-8(4-2-7)17(9(18)12(14,15)16)11(5-6-11)10(19)20/h1-4H,5-6H2,(H,19,20). The first-order chi connectivity index (χ1) is 9.18. The Balaban J connectivity index is 2.48. The Hall–Kier alpha value is -1.76. The van der Waals surface area contributed by atoms with Crippen molar-refractivity contribution in [2.24, 2.45) is 0 Å². The van der Waals surface area contributed by atoms with Gasteiger partial charge in [0.25, 0.3) is 0 Å². The number of halogens is 4. The van der Waals surface area contributed by atoms with Crippen LogP contribution in [-0.4, -0.2) is 28.7 Å². The van der Waals surface area contributed by atoms with Gasteiger partial charge in [-0.15, -0.1) is 0 Å². The van der Waals surface area contributed by atoms with E-state index in [1.54, 1.807) is 0 Å². The van der Waals surface area contributed by atoms with Crippen LogP contribution in [0.4, 0.5) is 18.9 Å². The van der Waals surface area contributed by atoms with Crippen LogP contribution in [0.15, 0.2) is 24.3 Å². The van der Waals surface area contributed by atoms with E-state index in [0.29, 0.717) is 4.90 Å².